The molecule has 2 rings (SSSR count). The molecule has 120 valence electrons. The van der Waals surface area contributed by atoms with Crippen LogP contribution >= 0.6 is 0 Å². The monoisotopic (exact) mass is 333 g/mol. The van der Waals surface area contributed by atoms with Crippen molar-refractivity contribution in [3.63, 3.8) is 0 Å². The predicted octanol–water partition coefficient (Wildman–Crippen LogP) is 0.654. The van der Waals surface area contributed by atoms with E-state index in [0.717, 1.165) is 6.08 Å². The van der Waals surface area contributed by atoms with Crippen LogP contribution in [0.4, 0.5) is 5.69 Å². The Morgan fingerprint density at radius 3 is 2.74 bits per heavy atom. The highest BCUT2D eigenvalue weighted by Gasteiger charge is 2.20. The number of carbonyl (C=O) groups excluding carboxylic acids is 1. The minimum absolute atomic E-state index is 0.121. The van der Waals surface area contributed by atoms with E-state index in [0.29, 0.717) is 11.3 Å². The number of nitrogens with zero attached hydrogens (tertiary/aromatic N) is 1. The van der Waals surface area contributed by atoms with Crippen LogP contribution in [0.2, 0.25) is 0 Å². The highest BCUT2D eigenvalue weighted by atomic mass is 32.2. The number of hydrogen-bond donors (Lipinski definition) is 1. The molecule has 0 aliphatic heterocycles. The molecule has 0 fully saturated rings. The van der Waals surface area contributed by atoms with Crippen molar-refractivity contribution in [2.24, 2.45) is 0 Å². The van der Waals surface area contributed by atoms with E-state index in [1.807, 2.05) is 0 Å². The maximum absolute atomic E-state index is 12.5. The standard InChI is InChI=1S/C15H14N2O5S/c1-22-13-6-4-11(5-7-15(18)19)9-14(13)23(20,21)17-12-3-2-8-16-10-12/h2-10,17H,1H3,(H,18,19)/p-1. The number of carbonyl (C=O) groups is 1. The third-order valence-corrected chi connectivity index (χ3v) is 4.21. The molecule has 0 amide bonds. The van der Waals surface area contributed by atoms with Crippen molar-refractivity contribution in [3.8, 4) is 5.75 Å². The first-order chi connectivity index (χ1) is 10.9. The Labute approximate surface area is 133 Å². The van der Waals surface area contributed by atoms with Gasteiger partial charge in [0, 0.05) is 6.20 Å². The van der Waals surface area contributed by atoms with Crippen LogP contribution in [0.15, 0.2) is 53.7 Å². The Hall–Kier alpha value is -2.87. The Morgan fingerprint density at radius 1 is 1.35 bits per heavy atom. The first-order valence-corrected chi connectivity index (χ1v) is 7.90. The van der Waals surface area contributed by atoms with Gasteiger partial charge in [0.1, 0.15) is 10.6 Å². The van der Waals surface area contributed by atoms with Crippen LogP contribution in [0.25, 0.3) is 6.08 Å². The van der Waals surface area contributed by atoms with E-state index in [1.165, 1.54) is 43.8 Å². The fourth-order valence-electron chi connectivity index (χ4n) is 1.80. The molecule has 1 aromatic carbocycles. The molecule has 0 aliphatic rings. The predicted molar refractivity (Wildman–Crippen MR) is 82.1 cm³/mol. The summed E-state index contributed by atoms with van der Waals surface area (Å²) in [4.78, 5) is 14.2. The molecule has 7 nitrogen and oxygen atoms in total. The molecule has 0 bridgehead atoms. The SMILES string of the molecule is COc1ccc(C=CC(=O)[O-])cc1S(=O)(=O)Nc1cccnc1. The van der Waals surface area contributed by atoms with Crippen LogP contribution in [0.5, 0.6) is 5.75 Å². The molecule has 0 aliphatic carbocycles. The molecule has 8 heteroatoms. The summed E-state index contributed by atoms with van der Waals surface area (Å²) in [6, 6.07) is 7.41. The lowest BCUT2D eigenvalue weighted by Crippen LogP contribution is -2.18. The number of sulfonamides is 1. The molecule has 0 saturated carbocycles. The maximum atomic E-state index is 12.5. The topological polar surface area (TPSA) is 108 Å². The van der Waals surface area contributed by atoms with Crippen LogP contribution in [0, 0.1) is 0 Å². The van der Waals surface area contributed by atoms with E-state index >= 15 is 0 Å². The lowest BCUT2D eigenvalue weighted by Gasteiger charge is -2.12. The number of pyridine rings is 1. The number of carboxylic acids is 1. The highest BCUT2D eigenvalue weighted by molar-refractivity contribution is 7.92. The van der Waals surface area contributed by atoms with Gasteiger partial charge in [0.2, 0.25) is 0 Å². The second-order valence-corrected chi connectivity index (χ2v) is 6.06. The van der Waals surface area contributed by atoms with E-state index in [9.17, 15) is 18.3 Å². The molecule has 1 N–H and O–H groups in total. The zero-order valence-corrected chi connectivity index (χ0v) is 12.9. The second-order valence-electron chi connectivity index (χ2n) is 4.41. The zero-order chi connectivity index (χ0) is 16.9. The summed E-state index contributed by atoms with van der Waals surface area (Å²) >= 11 is 0. The highest BCUT2D eigenvalue weighted by Crippen LogP contribution is 2.27. The van der Waals surface area contributed by atoms with Gasteiger partial charge in [0.15, 0.2) is 0 Å². The number of carboxylic acid groups (broad SMARTS) is 1. The third kappa shape index (κ3) is 4.30. The Balaban J connectivity index is 2.42. The van der Waals surface area contributed by atoms with Gasteiger partial charge >= 0.3 is 0 Å². The minimum atomic E-state index is -3.93. The summed E-state index contributed by atoms with van der Waals surface area (Å²) in [5.74, 6) is -1.24. The molecule has 0 atom stereocenters. The summed E-state index contributed by atoms with van der Waals surface area (Å²) in [6.45, 7) is 0. The lowest BCUT2D eigenvalue weighted by atomic mass is 10.2. The fourth-order valence-corrected chi connectivity index (χ4v) is 3.05. The maximum Gasteiger partial charge on any atom is 0.265 e. The van der Waals surface area contributed by atoms with Crippen molar-refractivity contribution in [1.82, 2.24) is 4.98 Å². The molecule has 1 aromatic heterocycles. The van der Waals surface area contributed by atoms with Crippen molar-refractivity contribution in [2.75, 3.05) is 11.8 Å². The number of aliphatic carboxylic acids is 1. The number of rotatable bonds is 6. The van der Waals surface area contributed by atoms with Crippen LogP contribution in [-0.2, 0) is 14.8 Å². The van der Waals surface area contributed by atoms with E-state index in [2.05, 4.69) is 9.71 Å². The smallest absolute Gasteiger partial charge is 0.265 e. The van der Waals surface area contributed by atoms with Gasteiger partial charge in [-0.3, -0.25) is 9.71 Å². The average molecular weight is 333 g/mol. The summed E-state index contributed by atoms with van der Waals surface area (Å²) in [7, 11) is -2.59. The van der Waals surface area contributed by atoms with Crippen LogP contribution in [-0.4, -0.2) is 26.5 Å². The fraction of sp³-hybridized carbons (Fsp3) is 0.0667. The third-order valence-electron chi connectivity index (χ3n) is 2.80. The summed E-state index contributed by atoms with van der Waals surface area (Å²) < 4.78 is 32.4. The van der Waals surface area contributed by atoms with Crippen LogP contribution in [0.3, 0.4) is 0 Å². The Bertz CT molecular complexity index is 832. The van der Waals surface area contributed by atoms with Crippen molar-refractivity contribution < 1.29 is 23.1 Å². The number of nitrogens with one attached hydrogen (secondary N) is 1. The number of ether oxygens (including phenoxy) is 1. The van der Waals surface area contributed by atoms with E-state index < -0.39 is 16.0 Å². The molecule has 23 heavy (non-hydrogen) atoms. The molecule has 0 spiro atoms. The quantitative estimate of drug-likeness (QED) is 0.778. The lowest BCUT2D eigenvalue weighted by molar-refractivity contribution is -0.297. The van der Waals surface area contributed by atoms with Gasteiger partial charge in [0.05, 0.1) is 25.0 Å². The summed E-state index contributed by atoms with van der Waals surface area (Å²) in [5.41, 5.74) is 0.673. The molecular weight excluding hydrogens is 320 g/mol. The Kier molecular flexibility index (Phi) is 4.97. The van der Waals surface area contributed by atoms with Crippen molar-refractivity contribution >= 4 is 27.8 Å². The van der Waals surface area contributed by atoms with E-state index in [4.69, 9.17) is 4.74 Å². The largest absolute Gasteiger partial charge is 0.545 e. The normalized spacial score (nSPS) is 11.3. The van der Waals surface area contributed by atoms with Gasteiger partial charge in [-0.1, -0.05) is 12.1 Å². The van der Waals surface area contributed by atoms with Crippen LogP contribution in [0.1, 0.15) is 5.56 Å². The van der Waals surface area contributed by atoms with Gasteiger partial charge in [-0.2, -0.15) is 0 Å². The Morgan fingerprint density at radius 2 is 2.13 bits per heavy atom. The summed E-state index contributed by atoms with van der Waals surface area (Å²) in [5, 5.41) is 10.5. The van der Waals surface area contributed by atoms with Gasteiger partial charge < -0.3 is 14.6 Å². The minimum Gasteiger partial charge on any atom is -0.545 e. The molecular formula is C15H13N2O5S-. The number of aromatic nitrogens is 1. The van der Waals surface area contributed by atoms with Crippen molar-refractivity contribution in [3.05, 3.63) is 54.4 Å². The number of methoxy groups -OCH3 is 1. The van der Waals surface area contributed by atoms with Gasteiger partial charge in [0.25, 0.3) is 10.0 Å². The first kappa shape index (κ1) is 16.5. The van der Waals surface area contributed by atoms with E-state index in [1.54, 1.807) is 12.1 Å². The van der Waals surface area contributed by atoms with Gasteiger partial charge in [-0.05, 0) is 35.9 Å². The molecule has 0 radical (unpaired) electrons. The summed E-state index contributed by atoms with van der Waals surface area (Å²) in [6.07, 6.45) is 4.93. The van der Waals surface area contributed by atoms with Gasteiger partial charge in [-0.15, -0.1) is 0 Å². The molecule has 2 aromatic rings. The zero-order valence-electron chi connectivity index (χ0n) is 12.1. The van der Waals surface area contributed by atoms with Gasteiger partial charge in [-0.25, -0.2) is 8.42 Å². The second kappa shape index (κ2) is 6.93. The first-order valence-electron chi connectivity index (χ1n) is 6.42. The number of benzene rings is 1. The van der Waals surface area contributed by atoms with Crippen molar-refractivity contribution in [1.29, 1.82) is 0 Å². The van der Waals surface area contributed by atoms with Crippen LogP contribution < -0.4 is 14.6 Å². The van der Waals surface area contributed by atoms with E-state index in [-0.39, 0.29) is 10.6 Å². The molecule has 1 heterocycles. The average Bonchev–Trinajstić information content (AvgIpc) is 2.53. The number of anilines is 1. The molecule has 0 unspecified atom stereocenters. The van der Waals surface area contributed by atoms with Crippen molar-refractivity contribution in [2.45, 2.75) is 4.90 Å². The number of hydrogen-bond acceptors (Lipinski definition) is 6. The molecule has 0 saturated heterocycles.